The van der Waals surface area contributed by atoms with Gasteiger partial charge < -0.3 is 19.0 Å². The Balaban J connectivity index is 1.79. The summed E-state index contributed by atoms with van der Waals surface area (Å²) in [5.74, 6) is 0.775. The largest absolute Gasteiger partial charge is 0.491 e. The zero-order valence-electron chi connectivity index (χ0n) is 15.0. The van der Waals surface area contributed by atoms with E-state index in [1.54, 1.807) is 13.3 Å². The molecule has 5 heteroatoms. The molecule has 136 valence electrons. The number of methoxy groups -OCH3 is 1. The fourth-order valence-electron chi connectivity index (χ4n) is 3.19. The molecule has 0 unspecified atom stereocenters. The van der Waals surface area contributed by atoms with Crippen LogP contribution >= 0.6 is 0 Å². The number of para-hydroxylation sites is 1. The molecule has 0 aliphatic heterocycles. The fourth-order valence-corrected chi connectivity index (χ4v) is 3.19. The first-order valence-electron chi connectivity index (χ1n) is 8.78. The molecule has 4 rings (SSSR count). The van der Waals surface area contributed by atoms with E-state index in [1.807, 2.05) is 71.4 Å². The normalized spacial score (nSPS) is 11.0. The van der Waals surface area contributed by atoms with Crippen molar-refractivity contribution in [3.05, 3.63) is 83.4 Å². The molecule has 0 fully saturated rings. The average Bonchev–Trinajstić information content (AvgIpc) is 3.10. The summed E-state index contributed by atoms with van der Waals surface area (Å²) in [6.07, 6.45) is 3.69. The van der Waals surface area contributed by atoms with Crippen molar-refractivity contribution in [2.45, 2.75) is 0 Å². The average molecular weight is 360 g/mol. The van der Waals surface area contributed by atoms with E-state index in [9.17, 15) is 4.79 Å². The lowest BCUT2D eigenvalue weighted by Gasteiger charge is -2.06. The predicted octanol–water partition coefficient (Wildman–Crippen LogP) is 4.01. The lowest BCUT2D eigenvalue weighted by Crippen LogP contribution is -2.05. The van der Waals surface area contributed by atoms with Crippen LogP contribution in [0, 0.1) is 0 Å². The number of nitrogens with zero attached hydrogens (tertiary/aromatic N) is 1. The molecule has 0 amide bonds. The zero-order chi connectivity index (χ0) is 18.6. The van der Waals surface area contributed by atoms with Crippen LogP contribution in [0.2, 0.25) is 0 Å². The Bertz CT molecular complexity index is 1100. The van der Waals surface area contributed by atoms with Crippen molar-refractivity contribution in [2.75, 3.05) is 20.3 Å². The minimum absolute atomic E-state index is 0.0994. The second-order valence-electron chi connectivity index (χ2n) is 6.18. The van der Waals surface area contributed by atoms with Crippen molar-refractivity contribution >= 4 is 10.9 Å². The molecule has 0 aliphatic rings. The van der Waals surface area contributed by atoms with E-state index >= 15 is 0 Å². The molecule has 2 aromatic carbocycles. The van der Waals surface area contributed by atoms with Crippen LogP contribution in [0.4, 0.5) is 0 Å². The number of hydrogen-bond donors (Lipinski definition) is 1. The van der Waals surface area contributed by atoms with Crippen LogP contribution in [0.5, 0.6) is 5.75 Å². The van der Waals surface area contributed by atoms with Crippen LogP contribution in [0.25, 0.3) is 27.7 Å². The fraction of sp³-hybridized carbons (Fsp3) is 0.136. The molecular weight excluding hydrogens is 340 g/mol. The van der Waals surface area contributed by atoms with Crippen LogP contribution in [0.15, 0.2) is 77.9 Å². The highest BCUT2D eigenvalue weighted by molar-refractivity contribution is 5.96. The Labute approximate surface area is 156 Å². The summed E-state index contributed by atoms with van der Waals surface area (Å²) in [4.78, 5) is 15.3. The molecule has 4 aromatic rings. The number of ether oxygens (including phenoxy) is 2. The van der Waals surface area contributed by atoms with Crippen LogP contribution in [-0.2, 0) is 4.74 Å². The molecule has 0 spiro atoms. The van der Waals surface area contributed by atoms with Gasteiger partial charge in [-0.15, -0.1) is 0 Å². The van der Waals surface area contributed by atoms with Gasteiger partial charge in [0.25, 0.3) is 5.56 Å². The van der Waals surface area contributed by atoms with E-state index in [2.05, 4.69) is 4.98 Å². The topological polar surface area (TPSA) is 56.2 Å². The van der Waals surface area contributed by atoms with Crippen LogP contribution < -0.4 is 10.3 Å². The van der Waals surface area contributed by atoms with Gasteiger partial charge in [-0.2, -0.15) is 0 Å². The number of hydrogen-bond acceptors (Lipinski definition) is 3. The van der Waals surface area contributed by atoms with Crippen molar-refractivity contribution in [1.29, 1.82) is 0 Å². The van der Waals surface area contributed by atoms with Gasteiger partial charge in [-0.25, -0.2) is 0 Å². The van der Waals surface area contributed by atoms with Gasteiger partial charge in [0, 0.05) is 30.8 Å². The number of aromatic amines is 1. The maximum Gasteiger partial charge on any atom is 0.258 e. The predicted molar refractivity (Wildman–Crippen MR) is 107 cm³/mol. The standard InChI is InChI=1S/C22H20N2O3/c1-26-13-14-27-18-9-7-16(8-10-18)19-15-24(17-5-3-2-4-6-17)20-11-12-23-22(25)21(19)20/h2-12,15H,13-14H2,1H3,(H,23,25). The van der Waals surface area contributed by atoms with Crippen molar-refractivity contribution in [3.63, 3.8) is 0 Å². The Morgan fingerprint density at radius 3 is 2.48 bits per heavy atom. The molecule has 0 atom stereocenters. The molecule has 2 aromatic heterocycles. The van der Waals surface area contributed by atoms with Crippen LogP contribution in [0.3, 0.4) is 0 Å². The van der Waals surface area contributed by atoms with Gasteiger partial charge in [-0.3, -0.25) is 4.79 Å². The lowest BCUT2D eigenvalue weighted by molar-refractivity contribution is 0.146. The Kier molecular flexibility index (Phi) is 4.77. The lowest BCUT2D eigenvalue weighted by atomic mass is 10.1. The molecule has 1 N–H and O–H groups in total. The van der Waals surface area contributed by atoms with Gasteiger partial charge >= 0.3 is 0 Å². The second kappa shape index (κ2) is 7.51. The number of fused-ring (bicyclic) bond motifs is 1. The second-order valence-corrected chi connectivity index (χ2v) is 6.18. The van der Waals surface area contributed by atoms with Crippen molar-refractivity contribution < 1.29 is 9.47 Å². The molecule has 0 saturated carbocycles. The van der Waals surface area contributed by atoms with Gasteiger partial charge in [0.2, 0.25) is 0 Å². The monoisotopic (exact) mass is 360 g/mol. The minimum Gasteiger partial charge on any atom is -0.491 e. The number of pyridine rings is 1. The van der Waals surface area contributed by atoms with E-state index in [0.717, 1.165) is 28.1 Å². The summed E-state index contributed by atoms with van der Waals surface area (Å²) in [7, 11) is 1.65. The molecule has 0 aliphatic carbocycles. The number of rotatable bonds is 6. The quantitative estimate of drug-likeness (QED) is 0.529. The highest BCUT2D eigenvalue weighted by Crippen LogP contribution is 2.31. The van der Waals surface area contributed by atoms with Crippen molar-refractivity contribution in [1.82, 2.24) is 9.55 Å². The SMILES string of the molecule is COCCOc1ccc(-c2cn(-c3ccccc3)c3cc[nH]c(=O)c23)cc1. The summed E-state index contributed by atoms with van der Waals surface area (Å²) in [5.41, 5.74) is 3.64. The number of aromatic nitrogens is 2. The number of benzene rings is 2. The molecular formula is C22H20N2O3. The third-order valence-corrected chi connectivity index (χ3v) is 4.48. The molecule has 0 bridgehead atoms. The van der Waals surface area contributed by atoms with Gasteiger partial charge in [0.15, 0.2) is 0 Å². The third-order valence-electron chi connectivity index (χ3n) is 4.48. The highest BCUT2D eigenvalue weighted by Gasteiger charge is 2.14. The molecule has 27 heavy (non-hydrogen) atoms. The summed E-state index contributed by atoms with van der Waals surface area (Å²) >= 11 is 0. The maximum atomic E-state index is 12.6. The molecule has 5 nitrogen and oxygen atoms in total. The molecule has 0 saturated heterocycles. The van der Waals surface area contributed by atoms with Gasteiger partial charge in [0.1, 0.15) is 12.4 Å². The summed E-state index contributed by atoms with van der Waals surface area (Å²) in [5, 5.41) is 0.675. The van der Waals surface area contributed by atoms with E-state index in [0.29, 0.717) is 18.6 Å². The van der Waals surface area contributed by atoms with Gasteiger partial charge in [-0.1, -0.05) is 30.3 Å². The Hall–Kier alpha value is -3.31. The van der Waals surface area contributed by atoms with Crippen LogP contribution in [0.1, 0.15) is 0 Å². The van der Waals surface area contributed by atoms with E-state index in [-0.39, 0.29) is 5.56 Å². The van der Waals surface area contributed by atoms with Gasteiger partial charge in [0.05, 0.1) is 17.5 Å². The number of H-pyrrole nitrogens is 1. The van der Waals surface area contributed by atoms with Crippen molar-refractivity contribution in [3.8, 4) is 22.6 Å². The van der Waals surface area contributed by atoms with E-state index in [4.69, 9.17) is 9.47 Å². The van der Waals surface area contributed by atoms with Crippen molar-refractivity contribution in [2.24, 2.45) is 0 Å². The zero-order valence-corrected chi connectivity index (χ0v) is 15.0. The Morgan fingerprint density at radius 2 is 1.74 bits per heavy atom. The summed E-state index contributed by atoms with van der Waals surface area (Å²) < 4.78 is 12.7. The van der Waals surface area contributed by atoms with Crippen LogP contribution in [-0.4, -0.2) is 29.9 Å². The van der Waals surface area contributed by atoms with E-state index < -0.39 is 0 Å². The first kappa shape index (κ1) is 17.1. The third kappa shape index (κ3) is 3.37. The molecule has 0 radical (unpaired) electrons. The number of nitrogens with one attached hydrogen (secondary N) is 1. The maximum absolute atomic E-state index is 12.6. The minimum atomic E-state index is -0.0994. The summed E-state index contributed by atoms with van der Waals surface area (Å²) in [6, 6.07) is 19.7. The smallest absolute Gasteiger partial charge is 0.258 e. The molecule has 2 heterocycles. The van der Waals surface area contributed by atoms with Gasteiger partial charge in [-0.05, 0) is 35.9 Å². The van der Waals surface area contributed by atoms with E-state index in [1.165, 1.54) is 0 Å². The first-order chi connectivity index (χ1) is 13.3. The highest BCUT2D eigenvalue weighted by atomic mass is 16.5. The summed E-state index contributed by atoms with van der Waals surface area (Å²) in [6.45, 7) is 1.05. The Morgan fingerprint density at radius 1 is 0.963 bits per heavy atom. The first-order valence-corrected chi connectivity index (χ1v) is 8.78.